The van der Waals surface area contributed by atoms with Gasteiger partial charge in [-0.15, -0.1) is 0 Å². The van der Waals surface area contributed by atoms with Gasteiger partial charge in [-0.1, -0.05) is 51.1 Å². The zero-order valence-corrected chi connectivity index (χ0v) is 43.4. The lowest BCUT2D eigenvalue weighted by Crippen LogP contribution is -2.68. The summed E-state index contributed by atoms with van der Waals surface area (Å²) in [5, 5.41) is 23.5. The van der Waals surface area contributed by atoms with Crippen LogP contribution in [0, 0.1) is 5.92 Å². The monoisotopic (exact) mass is 958 g/mol. The zero-order valence-electron chi connectivity index (χ0n) is 43.4. The van der Waals surface area contributed by atoms with Gasteiger partial charge < -0.3 is 52.6 Å². The van der Waals surface area contributed by atoms with E-state index in [9.17, 15) is 47.9 Å². The summed E-state index contributed by atoms with van der Waals surface area (Å²) in [6, 6.07) is 6.86. The molecule has 0 aromatic heterocycles. The summed E-state index contributed by atoms with van der Waals surface area (Å²) in [5.74, 6) is -6.99. The molecule has 0 spiro atoms. The lowest BCUT2D eigenvalue weighted by Gasteiger charge is -2.36. The van der Waals surface area contributed by atoms with Gasteiger partial charge in [-0.25, -0.2) is 4.79 Å². The third-order valence-corrected chi connectivity index (χ3v) is 10.7. The fourth-order valence-electron chi connectivity index (χ4n) is 6.12. The van der Waals surface area contributed by atoms with Gasteiger partial charge in [0.15, 0.2) is 0 Å². The Morgan fingerprint density at radius 1 is 0.529 bits per heavy atom. The highest BCUT2D eigenvalue weighted by Crippen LogP contribution is 2.19. The van der Waals surface area contributed by atoms with Crippen molar-refractivity contribution in [2.45, 2.75) is 195 Å². The summed E-state index contributed by atoms with van der Waals surface area (Å²) in [6.07, 6.45) is 0.455. The second kappa shape index (κ2) is 23.3. The topological polar surface area (TPSA) is 288 Å². The van der Waals surface area contributed by atoms with Gasteiger partial charge in [0.25, 0.3) is 0 Å². The fraction of sp³-hybridized carbons (Fsp3) is 0.667. The van der Waals surface area contributed by atoms with Crippen molar-refractivity contribution in [3.05, 3.63) is 35.9 Å². The molecule has 382 valence electrons. The summed E-state index contributed by atoms with van der Waals surface area (Å²) in [5.41, 5.74) is -9.46. The maximum atomic E-state index is 13.7. The van der Waals surface area contributed by atoms with Crippen molar-refractivity contribution >= 4 is 59.1 Å². The summed E-state index contributed by atoms with van der Waals surface area (Å²) in [7, 11) is 0. The molecule has 1 aromatic carbocycles. The molecule has 0 bridgehead atoms. The molecule has 0 aliphatic carbocycles. The number of esters is 1. The van der Waals surface area contributed by atoms with Crippen LogP contribution in [0.5, 0.6) is 0 Å². The third-order valence-electron chi connectivity index (χ3n) is 10.7. The van der Waals surface area contributed by atoms with Crippen molar-refractivity contribution in [1.29, 1.82) is 0 Å². The second-order valence-corrected chi connectivity index (χ2v) is 21.5. The van der Waals surface area contributed by atoms with Crippen molar-refractivity contribution in [2.24, 2.45) is 5.92 Å². The van der Waals surface area contributed by atoms with Gasteiger partial charge in [0, 0.05) is 13.3 Å². The van der Waals surface area contributed by atoms with E-state index in [1.165, 1.54) is 83.1 Å². The lowest BCUT2D eigenvalue weighted by atomic mass is 9.93. The van der Waals surface area contributed by atoms with Gasteiger partial charge in [-0.3, -0.25) is 43.2 Å². The molecule has 1 rings (SSSR count). The van der Waals surface area contributed by atoms with E-state index < -0.39 is 117 Å². The van der Waals surface area contributed by atoms with E-state index >= 15 is 0 Å². The standard InChI is InChI=1S/C48H79N9O11/c1-19-48(18,40(66)57-47(16,17)41(67)68-42(5,6)7)53-35(61)31(25-28(2)3)51-33(59)27-49-36(62)43(8,9)54-38(64)45(12,13)56-39(65)46(14,15)55-37(63)44(10,11)52-34(60)32(50-29(4)58)26-30-23-21-20-22-24-30/h20-24,28,31-32H,19,25-27H2,1-18H3,(H,49,62)(H,50,58)(H,51,59)(H,52,60)(H,53,61)(H,54,64)(H,55,63)(H,56,65)(H,57,66)/t31-,32-,48+/m1/s1. The van der Waals surface area contributed by atoms with Crippen molar-refractivity contribution < 1.29 is 52.7 Å². The number of amides is 9. The fourth-order valence-corrected chi connectivity index (χ4v) is 6.12. The minimum atomic E-state index is -1.66. The quantitative estimate of drug-likeness (QED) is 0.0709. The average Bonchev–Trinajstić information content (AvgIpc) is 3.17. The summed E-state index contributed by atoms with van der Waals surface area (Å²) >= 11 is 0. The molecule has 68 heavy (non-hydrogen) atoms. The smallest absolute Gasteiger partial charge is 0.331 e. The molecule has 20 heteroatoms. The van der Waals surface area contributed by atoms with Gasteiger partial charge in [-0.2, -0.15) is 0 Å². The van der Waals surface area contributed by atoms with Gasteiger partial charge in [-0.05, 0) is 121 Å². The van der Waals surface area contributed by atoms with E-state index in [1.807, 2.05) is 19.9 Å². The number of carbonyl (C=O) groups is 10. The molecule has 0 unspecified atom stereocenters. The van der Waals surface area contributed by atoms with E-state index in [1.54, 1.807) is 52.0 Å². The van der Waals surface area contributed by atoms with Crippen LogP contribution in [-0.2, 0) is 59.1 Å². The first-order chi connectivity index (χ1) is 30.7. The number of hydrogen-bond donors (Lipinski definition) is 9. The first-order valence-electron chi connectivity index (χ1n) is 22.8. The Labute approximate surface area is 401 Å². The molecule has 0 fully saturated rings. The van der Waals surface area contributed by atoms with Crippen LogP contribution < -0.4 is 47.9 Å². The summed E-state index contributed by atoms with van der Waals surface area (Å²) < 4.78 is 5.44. The first kappa shape index (κ1) is 59.9. The zero-order chi connectivity index (χ0) is 53.0. The van der Waals surface area contributed by atoms with Crippen LogP contribution >= 0.6 is 0 Å². The Hall–Kier alpha value is -6.08. The van der Waals surface area contributed by atoms with Gasteiger partial charge in [0.1, 0.15) is 50.9 Å². The number of hydrogen-bond acceptors (Lipinski definition) is 11. The van der Waals surface area contributed by atoms with Crippen LogP contribution in [0.3, 0.4) is 0 Å². The van der Waals surface area contributed by atoms with Crippen LogP contribution in [0.15, 0.2) is 30.3 Å². The van der Waals surface area contributed by atoms with Gasteiger partial charge >= 0.3 is 5.97 Å². The Morgan fingerprint density at radius 2 is 0.956 bits per heavy atom. The predicted molar refractivity (Wildman–Crippen MR) is 256 cm³/mol. The molecule has 1 aromatic rings. The Bertz CT molecular complexity index is 2040. The highest BCUT2D eigenvalue weighted by atomic mass is 16.6. The van der Waals surface area contributed by atoms with E-state index in [4.69, 9.17) is 4.74 Å². The lowest BCUT2D eigenvalue weighted by molar-refractivity contribution is -0.163. The molecule has 0 aliphatic heterocycles. The minimum Gasteiger partial charge on any atom is -0.458 e. The maximum absolute atomic E-state index is 13.7. The highest BCUT2D eigenvalue weighted by Gasteiger charge is 2.44. The number of rotatable bonds is 23. The number of carbonyl (C=O) groups excluding carboxylic acids is 10. The molecular weight excluding hydrogens is 879 g/mol. The summed E-state index contributed by atoms with van der Waals surface area (Å²) in [4.78, 5) is 133. The van der Waals surface area contributed by atoms with Gasteiger partial charge in [0.05, 0.1) is 6.54 Å². The molecule has 0 saturated carbocycles. The average molecular weight is 958 g/mol. The molecule has 0 radical (unpaired) electrons. The SMILES string of the molecule is CC[C@](C)(NC(=O)[C@@H](CC(C)C)NC(=O)CNC(=O)C(C)(C)NC(=O)C(C)(C)NC(=O)C(C)(C)NC(=O)C(C)(C)NC(=O)[C@@H](Cc1ccccc1)NC(C)=O)C(=O)NC(C)(C)C(=O)OC(C)(C)C. The number of ether oxygens (including phenoxy) is 1. The predicted octanol–water partition coefficient (Wildman–Crippen LogP) is 1.48. The molecule has 0 heterocycles. The van der Waals surface area contributed by atoms with E-state index in [0.29, 0.717) is 0 Å². The number of benzene rings is 1. The van der Waals surface area contributed by atoms with Crippen LogP contribution in [0.2, 0.25) is 0 Å². The van der Waals surface area contributed by atoms with Crippen molar-refractivity contribution in [2.75, 3.05) is 6.54 Å². The molecule has 3 atom stereocenters. The molecule has 0 aliphatic rings. The van der Waals surface area contributed by atoms with Gasteiger partial charge in [0.2, 0.25) is 53.2 Å². The normalized spacial score (nSPS) is 14.1. The highest BCUT2D eigenvalue weighted by molar-refractivity contribution is 6.01. The second-order valence-electron chi connectivity index (χ2n) is 21.5. The minimum absolute atomic E-state index is 0.0894. The Morgan fingerprint density at radius 3 is 1.38 bits per heavy atom. The molecule has 0 saturated heterocycles. The number of nitrogens with one attached hydrogen (secondary N) is 9. The molecular formula is C48H79N9O11. The van der Waals surface area contributed by atoms with Crippen molar-refractivity contribution in [1.82, 2.24) is 47.9 Å². The first-order valence-corrected chi connectivity index (χ1v) is 22.8. The molecule has 9 amide bonds. The Kier molecular flexibility index (Phi) is 20.5. The molecule has 9 N–H and O–H groups in total. The van der Waals surface area contributed by atoms with Crippen LogP contribution in [-0.4, -0.2) is 117 Å². The maximum Gasteiger partial charge on any atom is 0.331 e. The third kappa shape index (κ3) is 18.9. The van der Waals surface area contributed by atoms with Crippen LogP contribution in [0.4, 0.5) is 0 Å². The van der Waals surface area contributed by atoms with Crippen molar-refractivity contribution in [3.8, 4) is 0 Å². The largest absolute Gasteiger partial charge is 0.458 e. The summed E-state index contributed by atoms with van der Waals surface area (Å²) in [6.45, 7) is 26.7. The molecule has 20 nitrogen and oxygen atoms in total. The van der Waals surface area contributed by atoms with Crippen LogP contribution in [0.1, 0.15) is 143 Å². The van der Waals surface area contributed by atoms with E-state index in [2.05, 4.69) is 47.9 Å². The Balaban J connectivity index is 2.97. The van der Waals surface area contributed by atoms with E-state index in [-0.39, 0.29) is 25.2 Å². The van der Waals surface area contributed by atoms with E-state index in [0.717, 1.165) is 5.56 Å². The van der Waals surface area contributed by atoms with Crippen LogP contribution in [0.25, 0.3) is 0 Å². The van der Waals surface area contributed by atoms with Crippen molar-refractivity contribution in [3.63, 3.8) is 0 Å².